The molecule has 15 heavy (non-hydrogen) atoms. The van der Waals surface area contributed by atoms with Crippen molar-refractivity contribution in [1.82, 2.24) is 5.32 Å². The van der Waals surface area contributed by atoms with Crippen LogP contribution in [0.4, 0.5) is 0 Å². The van der Waals surface area contributed by atoms with Gasteiger partial charge in [0.25, 0.3) is 16.0 Å². The summed E-state index contributed by atoms with van der Waals surface area (Å²) in [6.45, 7) is 2.28. The van der Waals surface area contributed by atoms with Gasteiger partial charge < -0.3 is 5.32 Å². The second-order valence-electron chi connectivity index (χ2n) is 2.86. The average molecular weight is 229 g/mol. The van der Waals surface area contributed by atoms with E-state index in [1.54, 1.807) is 6.92 Å². The van der Waals surface area contributed by atoms with Crippen LogP contribution in [0.3, 0.4) is 0 Å². The van der Waals surface area contributed by atoms with Crippen molar-refractivity contribution in [3.8, 4) is 0 Å². The molecule has 1 aromatic carbocycles. The number of benzene rings is 1. The van der Waals surface area contributed by atoms with E-state index < -0.39 is 10.1 Å². The molecule has 0 fully saturated rings. The van der Waals surface area contributed by atoms with Crippen LogP contribution in [-0.2, 0) is 10.1 Å². The number of nitrogens with one attached hydrogen (secondary N) is 1. The number of carbonyl (C=O) groups is 1. The molecule has 0 atom stereocenters. The van der Waals surface area contributed by atoms with E-state index in [-0.39, 0.29) is 10.8 Å². The van der Waals surface area contributed by atoms with Gasteiger partial charge in [0, 0.05) is 12.1 Å². The Balaban J connectivity index is 2.96. The molecule has 0 bridgehead atoms. The van der Waals surface area contributed by atoms with Crippen molar-refractivity contribution >= 4 is 16.0 Å². The van der Waals surface area contributed by atoms with E-state index in [1.165, 1.54) is 24.3 Å². The largest absolute Gasteiger partial charge is 0.352 e. The lowest BCUT2D eigenvalue weighted by atomic mass is 10.2. The Labute approximate surface area is 87.9 Å². The maximum Gasteiger partial charge on any atom is 0.294 e. The zero-order chi connectivity index (χ0) is 11.5. The summed E-state index contributed by atoms with van der Waals surface area (Å²) in [6.07, 6.45) is 0. The molecule has 0 heterocycles. The Morgan fingerprint density at radius 1 is 1.33 bits per heavy atom. The molecule has 82 valence electrons. The normalized spacial score (nSPS) is 11.1. The zero-order valence-electron chi connectivity index (χ0n) is 8.10. The highest BCUT2D eigenvalue weighted by molar-refractivity contribution is 7.85. The van der Waals surface area contributed by atoms with Crippen molar-refractivity contribution in [2.45, 2.75) is 11.8 Å². The molecule has 1 aromatic rings. The molecule has 1 rings (SSSR count). The highest BCUT2D eigenvalue weighted by atomic mass is 32.2. The molecule has 0 spiro atoms. The Morgan fingerprint density at radius 3 is 2.27 bits per heavy atom. The Morgan fingerprint density at radius 2 is 1.87 bits per heavy atom. The summed E-state index contributed by atoms with van der Waals surface area (Å²) >= 11 is 0. The molecule has 0 radical (unpaired) electrons. The summed E-state index contributed by atoms with van der Waals surface area (Å²) in [7, 11) is -4.19. The van der Waals surface area contributed by atoms with Crippen LogP contribution in [0.5, 0.6) is 0 Å². The minimum absolute atomic E-state index is 0.226. The summed E-state index contributed by atoms with van der Waals surface area (Å²) in [5, 5.41) is 2.57. The molecule has 0 aliphatic heterocycles. The van der Waals surface area contributed by atoms with Crippen LogP contribution >= 0.6 is 0 Å². The summed E-state index contributed by atoms with van der Waals surface area (Å²) in [5.41, 5.74) is 0.351. The Kier molecular flexibility index (Phi) is 3.43. The van der Waals surface area contributed by atoms with E-state index in [1.807, 2.05) is 0 Å². The number of rotatable bonds is 3. The smallest absolute Gasteiger partial charge is 0.294 e. The fraction of sp³-hybridized carbons (Fsp3) is 0.222. The van der Waals surface area contributed by atoms with E-state index in [0.717, 1.165) is 0 Å². The van der Waals surface area contributed by atoms with E-state index in [9.17, 15) is 13.2 Å². The van der Waals surface area contributed by atoms with Crippen LogP contribution in [0.1, 0.15) is 17.3 Å². The predicted octanol–water partition coefficient (Wildman–Crippen LogP) is 0.683. The first-order chi connectivity index (χ1) is 6.95. The molecule has 0 aliphatic rings. The summed E-state index contributed by atoms with van der Waals surface area (Å²) < 4.78 is 30.1. The van der Waals surface area contributed by atoms with Gasteiger partial charge in [0.2, 0.25) is 0 Å². The quantitative estimate of drug-likeness (QED) is 0.747. The van der Waals surface area contributed by atoms with Gasteiger partial charge in [-0.1, -0.05) is 0 Å². The van der Waals surface area contributed by atoms with Gasteiger partial charge in [-0.05, 0) is 31.2 Å². The van der Waals surface area contributed by atoms with Crippen LogP contribution < -0.4 is 5.32 Å². The maximum absolute atomic E-state index is 11.3. The first-order valence-electron chi connectivity index (χ1n) is 4.31. The number of hydrogen-bond donors (Lipinski definition) is 2. The van der Waals surface area contributed by atoms with Gasteiger partial charge in [-0.15, -0.1) is 0 Å². The Bertz CT molecular complexity index is 450. The molecule has 6 heteroatoms. The molecule has 5 nitrogen and oxygen atoms in total. The lowest BCUT2D eigenvalue weighted by Crippen LogP contribution is -2.22. The molecule has 0 aliphatic carbocycles. The van der Waals surface area contributed by atoms with Crippen molar-refractivity contribution in [3.05, 3.63) is 29.8 Å². The van der Waals surface area contributed by atoms with E-state index >= 15 is 0 Å². The topological polar surface area (TPSA) is 83.5 Å². The molecule has 0 aromatic heterocycles. The molecular weight excluding hydrogens is 218 g/mol. The van der Waals surface area contributed by atoms with Crippen molar-refractivity contribution in [3.63, 3.8) is 0 Å². The van der Waals surface area contributed by atoms with Crippen LogP contribution in [0.25, 0.3) is 0 Å². The molecule has 0 saturated carbocycles. The molecule has 0 unspecified atom stereocenters. The fourth-order valence-corrected chi connectivity index (χ4v) is 1.52. The van der Waals surface area contributed by atoms with Gasteiger partial charge in [-0.25, -0.2) is 0 Å². The van der Waals surface area contributed by atoms with Gasteiger partial charge in [0.1, 0.15) is 0 Å². The highest BCUT2D eigenvalue weighted by Gasteiger charge is 2.10. The number of hydrogen-bond acceptors (Lipinski definition) is 3. The summed E-state index contributed by atoms with van der Waals surface area (Å²) in [4.78, 5) is 11.1. The number of amides is 1. The van der Waals surface area contributed by atoms with E-state index in [2.05, 4.69) is 5.32 Å². The van der Waals surface area contributed by atoms with Crippen molar-refractivity contribution in [2.75, 3.05) is 6.54 Å². The first-order valence-corrected chi connectivity index (χ1v) is 5.75. The van der Waals surface area contributed by atoms with Crippen molar-refractivity contribution in [1.29, 1.82) is 0 Å². The lowest BCUT2D eigenvalue weighted by molar-refractivity contribution is 0.0955. The van der Waals surface area contributed by atoms with Crippen LogP contribution in [0.15, 0.2) is 29.2 Å². The number of carbonyl (C=O) groups excluding carboxylic acids is 1. The lowest BCUT2D eigenvalue weighted by Gasteiger charge is -2.02. The first kappa shape index (κ1) is 11.7. The van der Waals surface area contributed by atoms with Crippen molar-refractivity contribution < 1.29 is 17.8 Å². The second kappa shape index (κ2) is 4.41. The van der Waals surface area contributed by atoms with Crippen molar-refractivity contribution in [2.24, 2.45) is 0 Å². The second-order valence-corrected chi connectivity index (χ2v) is 4.28. The van der Waals surface area contributed by atoms with Crippen LogP contribution in [0.2, 0.25) is 0 Å². The molecule has 1 amide bonds. The van der Waals surface area contributed by atoms with Crippen LogP contribution in [-0.4, -0.2) is 25.4 Å². The third-order valence-electron chi connectivity index (χ3n) is 1.75. The van der Waals surface area contributed by atoms with Gasteiger partial charge in [-0.3, -0.25) is 9.35 Å². The molecular formula is C9H11NO4S. The van der Waals surface area contributed by atoms with E-state index in [0.29, 0.717) is 12.1 Å². The fourth-order valence-electron chi connectivity index (χ4n) is 1.04. The highest BCUT2D eigenvalue weighted by Crippen LogP contribution is 2.09. The standard InChI is InChI=1S/C9H11NO4S/c1-2-10-9(11)7-3-5-8(6-4-7)15(12,13)14/h3-6H,2H2,1H3,(H,10,11)(H,12,13,14). The SMILES string of the molecule is CCNC(=O)c1ccc(S(=O)(=O)O)cc1. The van der Waals surface area contributed by atoms with Gasteiger partial charge in [-0.2, -0.15) is 8.42 Å². The molecule has 0 saturated heterocycles. The van der Waals surface area contributed by atoms with Gasteiger partial charge in [0.15, 0.2) is 0 Å². The predicted molar refractivity (Wildman–Crippen MR) is 54.3 cm³/mol. The summed E-state index contributed by atoms with van der Waals surface area (Å²) in [6, 6.07) is 5.04. The maximum atomic E-state index is 11.3. The third-order valence-corrected chi connectivity index (χ3v) is 2.62. The summed E-state index contributed by atoms with van der Waals surface area (Å²) in [5.74, 6) is -0.278. The van der Waals surface area contributed by atoms with Gasteiger partial charge in [0.05, 0.1) is 4.90 Å². The minimum atomic E-state index is -4.19. The average Bonchev–Trinajstić information content (AvgIpc) is 2.17. The van der Waals surface area contributed by atoms with E-state index in [4.69, 9.17) is 4.55 Å². The molecule has 2 N–H and O–H groups in total. The van der Waals surface area contributed by atoms with Gasteiger partial charge >= 0.3 is 0 Å². The Hall–Kier alpha value is -1.40. The third kappa shape index (κ3) is 3.03. The van der Waals surface area contributed by atoms with Crippen LogP contribution in [0, 0.1) is 0 Å². The monoisotopic (exact) mass is 229 g/mol. The minimum Gasteiger partial charge on any atom is -0.352 e. The zero-order valence-corrected chi connectivity index (χ0v) is 8.91.